The molecule has 1 atom stereocenters. The van der Waals surface area contributed by atoms with Crippen molar-refractivity contribution in [3.63, 3.8) is 0 Å². The zero-order chi connectivity index (χ0) is 18.2. The third-order valence-corrected chi connectivity index (χ3v) is 4.28. The van der Waals surface area contributed by atoms with Crippen molar-refractivity contribution in [3.05, 3.63) is 65.2 Å². The molecule has 0 unspecified atom stereocenters. The first kappa shape index (κ1) is 18.8. The van der Waals surface area contributed by atoms with E-state index in [2.05, 4.69) is 5.32 Å². The van der Waals surface area contributed by atoms with Crippen LogP contribution in [0.1, 0.15) is 36.1 Å². The van der Waals surface area contributed by atoms with Crippen molar-refractivity contribution >= 4 is 6.03 Å². The van der Waals surface area contributed by atoms with Crippen LogP contribution in [0, 0.1) is 6.92 Å². The maximum atomic E-state index is 12.7. The van der Waals surface area contributed by atoms with Gasteiger partial charge >= 0.3 is 6.03 Å². The molecule has 0 fully saturated rings. The molecule has 0 saturated carbocycles. The zero-order valence-electron chi connectivity index (χ0n) is 14.8. The Morgan fingerprint density at radius 1 is 1.16 bits per heavy atom. The molecule has 2 aromatic carbocycles. The van der Waals surface area contributed by atoms with Gasteiger partial charge in [0.1, 0.15) is 5.75 Å². The lowest BCUT2D eigenvalue weighted by Gasteiger charge is -2.26. The third kappa shape index (κ3) is 5.22. The van der Waals surface area contributed by atoms with Gasteiger partial charge in [-0.1, -0.05) is 43.3 Å². The monoisotopic (exact) mass is 342 g/mol. The molecule has 2 rings (SSSR count). The highest BCUT2D eigenvalue weighted by atomic mass is 16.3. The van der Waals surface area contributed by atoms with Crippen LogP contribution >= 0.6 is 0 Å². The minimum Gasteiger partial charge on any atom is -0.508 e. The number of nitrogens with one attached hydrogen (secondary N) is 1. The first-order valence-corrected chi connectivity index (χ1v) is 8.54. The number of aryl methyl sites for hydroxylation is 1. The molecule has 0 radical (unpaired) electrons. The molecule has 0 heterocycles. The number of aliphatic hydroxyl groups excluding tert-OH is 1. The topological polar surface area (TPSA) is 72.8 Å². The van der Waals surface area contributed by atoms with E-state index in [1.165, 1.54) is 0 Å². The number of carbonyl (C=O) groups excluding carboxylic acids is 1. The summed E-state index contributed by atoms with van der Waals surface area (Å²) in [7, 11) is 0. The van der Waals surface area contributed by atoms with Crippen molar-refractivity contribution in [2.75, 3.05) is 13.2 Å². The van der Waals surface area contributed by atoms with Crippen LogP contribution < -0.4 is 5.32 Å². The van der Waals surface area contributed by atoms with Crippen molar-refractivity contribution in [1.29, 1.82) is 0 Å². The summed E-state index contributed by atoms with van der Waals surface area (Å²) in [4.78, 5) is 14.3. The second-order valence-corrected chi connectivity index (χ2v) is 6.07. The van der Waals surface area contributed by atoms with Gasteiger partial charge in [-0.25, -0.2) is 4.79 Å². The maximum absolute atomic E-state index is 12.7. The van der Waals surface area contributed by atoms with E-state index in [0.29, 0.717) is 6.54 Å². The van der Waals surface area contributed by atoms with Gasteiger partial charge in [0.2, 0.25) is 0 Å². The van der Waals surface area contributed by atoms with Crippen molar-refractivity contribution in [2.45, 2.75) is 32.9 Å². The number of aromatic hydroxyl groups is 1. The second kappa shape index (κ2) is 9.08. The van der Waals surface area contributed by atoms with Crippen molar-refractivity contribution in [1.82, 2.24) is 10.2 Å². The summed E-state index contributed by atoms with van der Waals surface area (Å²) in [5.41, 5.74) is 3.11. The summed E-state index contributed by atoms with van der Waals surface area (Å²) >= 11 is 0. The van der Waals surface area contributed by atoms with E-state index < -0.39 is 0 Å². The van der Waals surface area contributed by atoms with Gasteiger partial charge in [-0.2, -0.15) is 0 Å². The summed E-state index contributed by atoms with van der Waals surface area (Å²) in [6.45, 7) is 4.64. The lowest BCUT2D eigenvalue weighted by atomic mass is 10.0. The summed E-state index contributed by atoms with van der Waals surface area (Å²) in [6.07, 6.45) is 0.730. The van der Waals surface area contributed by atoms with Gasteiger partial charge in [-0.05, 0) is 42.2 Å². The Hall–Kier alpha value is -2.53. The lowest BCUT2D eigenvalue weighted by molar-refractivity contribution is 0.170. The summed E-state index contributed by atoms with van der Waals surface area (Å²) in [6, 6.07) is 14.4. The highest BCUT2D eigenvalue weighted by Gasteiger charge is 2.19. The van der Waals surface area contributed by atoms with E-state index >= 15 is 0 Å². The average Bonchev–Trinajstić information content (AvgIpc) is 2.61. The molecule has 2 aromatic rings. The number of urea groups is 1. The van der Waals surface area contributed by atoms with E-state index in [9.17, 15) is 15.0 Å². The molecule has 5 heteroatoms. The number of amides is 2. The Morgan fingerprint density at radius 2 is 1.84 bits per heavy atom. The first-order chi connectivity index (χ1) is 12.0. The van der Waals surface area contributed by atoms with E-state index in [4.69, 9.17) is 0 Å². The number of hydrogen-bond acceptors (Lipinski definition) is 3. The van der Waals surface area contributed by atoms with Crippen LogP contribution in [0.15, 0.2) is 48.5 Å². The Kier molecular flexibility index (Phi) is 6.83. The molecule has 5 nitrogen and oxygen atoms in total. The SMILES string of the molecule is CC[C@H](NC(=O)N(CCO)Cc1ccccc1C)c1ccc(O)cc1. The van der Waals surface area contributed by atoms with Crippen LogP contribution in [-0.2, 0) is 6.54 Å². The highest BCUT2D eigenvalue weighted by molar-refractivity contribution is 5.74. The lowest BCUT2D eigenvalue weighted by Crippen LogP contribution is -2.42. The molecule has 25 heavy (non-hydrogen) atoms. The van der Waals surface area contributed by atoms with Gasteiger partial charge in [0.15, 0.2) is 0 Å². The smallest absolute Gasteiger partial charge is 0.318 e. The second-order valence-electron chi connectivity index (χ2n) is 6.07. The number of aliphatic hydroxyl groups is 1. The zero-order valence-corrected chi connectivity index (χ0v) is 14.8. The summed E-state index contributed by atoms with van der Waals surface area (Å²) < 4.78 is 0. The molecular weight excluding hydrogens is 316 g/mol. The molecular formula is C20H26N2O3. The number of rotatable bonds is 7. The molecule has 0 aromatic heterocycles. The number of carbonyl (C=O) groups is 1. The Morgan fingerprint density at radius 3 is 2.44 bits per heavy atom. The molecule has 0 aliphatic rings. The van der Waals surface area contributed by atoms with Gasteiger partial charge in [-0.3, -0.25) is 0 Å². The Bertz CT molecular complexity index is 686. The number of benzene rings is 2. The fourth-order valence-electron chi connectivity index (χ4n) is 2.73. The number of nitrogens with zero attached hydrogens (tertiary/aromatic N) is 1. The van der Waals surface area contributed by atoms with Crippen LogP contribution in [0.3, 0.4) is 0 Å². The van der Waals surface area contributed by atoms with Crippen LogP contribution in [0.2, 0.25) is 0 Å². The van der Waals surface area contributed by atoms with Crippen LogP contribution in [-0.4, -0.2) is 34.3 Å². The van der Waals surface area contributed by atoms with E-state index in [1.54, 1.807) is 17.0 Å². The quantitative estimate of drug-likeness (QED) is 0.722. The Labute approximate surface area is 148 Å². The van der Waals surface area contributed by atoms with Gasteiger partial charge in [-0.15, -0.1) is 0 Å². The van der Waals surface area contributed by atoms with Crippen LogP contribution in [0.5, 0.6) is 5.75 Å². The first-order valence-electron chi connectivity index (χ1n) is 8.54. The third-order valence-electron chi connectivity index (χ3n) is 4.28. The summed E-state index contributed by atoms with van der Waals surface area (Å²) in [5.74, 6) is 0.200. The number of phenols is 1. The summed E-state index contributed by atoms with van der Waals surface area (Å²) in [5, 5.41) is 21.8. The largest absolute Gasteiger partial charge is 0.508 e. The van der Waals surface area contributed by atoms with Gasteiger partial charge in [0, 0.05) is 13.1 Å². The standard InChI is InChI=1S/C20H26N2O3/c1-3-19(16-8-10-18(24)11-9-16)21-20(25)22(12-13-23)14-17-7-5-4-6-15(17)2/h4-11,19,23-24H,3,12-14H2,1-2H3,(H,21,25)/t19-/m0/s1. The number of phenolic OH excluding ortho intramolecular Hbond substituents is 1. The molecule has 0 saturated heterocycles. The van der Waals surface area contributed by atoms with Crippen LogP contribution in [0.25, 0.3) is 0 Å². The van der Waals surface area contributed by atoms with E-state index in [0.717, 1.165) is 23.1 Å². The molecule has 0 aliphatic carbocycles. The molecule has 3 N–H and O–H groups in total. The van der Waals surface area contributed by atoms with Crippen molar-refractivity contribution in [2.24, 2.45) is 0 Å². The minimum atomic E-state index is -0.211. The maximum Gasteiger partial charge on any atom is 0.318 e. The predicted octanol–water partition coefficient (Wildman–Crippen LogP) is 3.36. The predicted molar refractivity (Wildman–Crippen MR) is 98.3 cm³/mol. The fourth-order valence-corrected chi connectivity index (χ4v) is 2.73. The Balaban J connectivity index is 2.10. The minimum absolute atomic E-state index is 0.0880. The van der Waals surface area contributed by atoms with Gasteiger partial charge in [0.05, 0.1) is 12.6 Å². The fraction of sp³-hybridized carbons (Fsp3) is 0.350. The van der Waals surface area contributed by atoms with E-state index in [-0.39, 0.29) is 31.0 Å². The molecule has 0 spiro atoms. The molecule has 0 aliphatic heterocycles. The van der Waals surface area contributed by atoms with Gasteiger partial charge in [0.25, 0.3) is 0 Å². The molecule has 0 bridgehead atoms. The van der Waals surface area contributed by atoms with Crippen LogP contribution in [0.4, 0.5) is 4.79 Å². The van der Waals surface area contributed by atoms with Gasteiger partial charge < -0.3 is 20.4 Å². The molecule has 2 amide bonds. The highest BCUT2D eigenvalue weighted by Crippen LogP contribution is 2.20. The van der Waals surface area contributed by atoms with Crippen molar-refractivity contribution < 1.29 is 15.0 Å². The van der Waals surface area contributed by atoms with E-state index in [1.807, 2.05) is 50.2 Å². The number of hydrogen-bond donors (Lipinski definition) is 3. The molecule has 134 valence electrons. The van der Waals surface area contributed by atoms with Crippen molar-refractivity contribution in [3.8, 4) is 5.75 Å². The normalized spacial score (nSPS) is 11.8. The average molecular weight is 342 g/mol.